The first kappa shape index (κ1) is 14.7. The third kappa shape index (κ3) is 2.09. The lowest BCUT2D eigenvalue weighted by Crippen LogP contribution is -2.02. The van der Waals surface area contributed by atoms with E-state index in [1.54, 1.807) is 0 Å². The highest BCUT2D eigenvalue weighted by Crippen LogP contribution is 2.37. The van der Waals surface area contributed by atoms with Gasteiger partial charge in [0.25, 0.3) is 0 Å². The molecule has 0 radical (unpaired) electrons. The minimum absolute atomic E-state index is 0.163. The van der Waals surface area contributed by atoms with Gasteiger partial charge in [-0.15, -0.1) is 10.2 Å². The number of anilines is 1. The van der Waals surface area contributed by atoms with Crippen LogP contribution < -0.4 is 5.73 Å². The summed E-state index contributed by atoms with van der Waals surface area (Å²) in [4.78, 5) is 7.84. The van der Waals surface area contributed by atoms with Gasteiger partial charge in [-0.05, 0) is 12.1 Å². The standard InChI is InChI=1S/C20H16N6/c1-26-11-15(13-7-3-5-9-17(13)26)18-19(24-25-20(21)23-18)14-10-22-16-8-4-2-6-12(14)16/h2-11,22H,1H3,(H2,21,23,25). The summed E-state index contributed by atoms with van der Waals surface area (Å²) < 4.78 is 2.09. The van der Waals surface area contributed by atoms with Gasteiger partial charge in [0.1, 0.15) is 11.4 Å². The van der Waals surface area contributed by atoms with E-state index < -0.39 is 0 Å². The number of rotatable bonds is 2. The molecule has 5 aromatic rings. The highest BCUT2D eigenvalue weighted by Gasteiger charge is 2.19. The van der Waals surface area contributed by atoms with Gasteiger partial charge in [0.2, 0.25) is 5.95 Å². The summed E-state index contributed by atoms with van der Waals surface area (Å²) in [5, 5.41) is 10.6. The fraction of sp³-hybridized carbons (Fsp3) is 0.0500. The smallest absolute Gasteiger partial charge is 0.240 e. The number of fused-ring (bicyclic) bond motifs is 2. The molecule has 26 heavy (non-hydrogen) atoms. The van der Waals surface area contributed by atoms with Crippen LogP contribution in [-0.2, 0) is 7.05 Å². The second kappa shape index (κ2) is 5.42. The number of para-hydroxylation sites is 2. The monoisotopic (exact) mass is 340 g/mol. The summed E-state index contributed by atoms with van der Waals surface area (Å²) >= 11 is 0. The average molecular weight is 340 g/mol. The van der Waals surface area contributed by atoms with Crippen molar-refractivity contribution in [3.63, 3.8) is 0 Å². The highest BCUT2D eigenvalue weighted by molar-refractivity contribution is 6.02. The summed E-state index contributed by atoms with van der Waals surface area (Å²) in [5.41, 5.74) is 11.5. The zero-order chi connectivity index (χ0) is 17.7. The Hall–Kier alpha value is -3.67. The van der Waals surface area contributed by atoms with Crippen molar-refractivity contribution in [2.75, 3.05) is 5.73 Å². The maximum Gasteiger partial charge on any atom is 0.240 e. The van der Waals surface area contributed by atoms with E-state index in [1.165, 1.54) is 0 Å². The van der Waals surface area contributed by atoms with E-state index >= 15 is 0 Å². The van der Waals surface area contributed by atoms with Crippen LogP contribution in [0, 0.1) is 0 Å². The van der Waals surface area contributed by atoms with Crippen molar-refractivity contribution >= 4 is 27.8 Å². The second-order valence-corrected chi connectivity index (χ2v) is 6.29. The zero-order valence-electron chi connectivity index (χ0n) is 14.1. The van der Waals surface area contributed by atoms with Crippen LogP contribution in [0.25, 0.3) is 44.3 Å². The van der Waals surface area contributed by atoms with Crippen LogP contribution in [0.2, 0.25) is 0 Å². The van der Waals surface area contributed by atoms with E-state index in [0.29, 0.717) is 5.69 Å². The topological polar surface area (TPSA) is 85.4 Å². The molecule has 0 spiro atoms. The molecule has 3 N–H and O–H groups in total. The number of nitrogens with zero attached hydrogens (tertiary/aromatic N) is 4. The predicted octanol–water partition coefficient (Wildman–Crippen LogP) is 3.76. The summed E-state index contributed by atoms with van der Waals surface area (Å²) in [7, 11) is 2.02. The SMILES string of the molecule is Cn1cc(-c2nc(N)nnc2-c2c[nH]c3ccccc23)c2ccccc21. The third-order valence-corrected chi connectivity index (χ3v) is 4.70. The molecule has 6 nitrogen and oxygen atoms in total. The minimum Gasteiger partial charge on any atom is -0.366 e. The Labute approximate surface area is 149 Å². The fourth-order valence-corrected chi connectivity index (χ4v) is 3.51. The number of H-pyrrole nitrogens is 1. The number of aromatic amines is 1. The molecule has 0 amide bonds. The van der Waals surface area contributed by atoms with Gasteiger partial charge in [0, 0.05) is 52.4 Å². The molecule has 5 rings (SSSR count). The van der Waals surface area contributed by atoms with E-state index in [0.717, 1.165) is 38.6 Å². The van der Waals surface area contributed by atoms with Crippen LogP contribution in [-0.4, -0.2) is 24.7 Å². The van der Waals surface area contributed by atoms with Crippen molar-refractivity contribution in [3.8, 4) is 22.5 Å². The summed E-state index contributed by atoms with van der Waals surface area (Å²) in [6.07, 6.45) is 4.01. The van der Waals surface area contributed by atoms with Crippen LogP contribution in [0.1, 0.15) is 0 Å². The number of hydrogen-bond donors (Lipinski definition) is 2. The summed E-state index contributed by atoms with van der Waals surface area (Å²) in [6, 6.07) is 16.3. The van der Waals surface area contributed by atoms with Crippen molar-refractivity contribution in [1.29, 1.82) is 0 Å². The van der Waals surface area contributed by atoms with Crippen LogP contribution in [0.5, 0.6) is 0 Å². The van der Waals surface area contributed by atoms with E-state index in [9.17, 15) is 0 Å². The van der Waals surface area contributed by atoms with Gasteiger partial charge in [0.15, 0.2) is 0 Å². The average Bonchev–Trinajstić information content (AvgIpc) is 3.24. The summed E-state index contributed by atoms with van der Waals surface area (Å²) in [6.45, 7) is 0. The number of aryl methyl sites for hydroxylation is 1. The second-order valence-electron chi connectivity index (χ2n) is 6.29. The molecule has 2 aromatic carbocycles. The normalized spacial score (nSPS) is 11.4. The minimum atomic E-state index is 0.163. The number of benzene rings is 2. The Kier molecular flexibility index (Phi) is 3.05. The highest BCUT2D eigenvalue weighted by atomic mass is 15.2. The quantitative estimate of drug-likeness (QED) is 0.512. The van der Waals surface area contributed by atoms with Crippen molar-refractivity contribution in [2.24, 2.45) is 7.05 Å². The zero-order valence-corrected chi connectivity index (χ0v) is 14.1. The molecule has 0 saturated heterocycles. The van der Waals surface area contributed by atoms with Gasteiger partial charge in [-0.3, -0.25) is 0 Å². The molecule has 126 valence electrons. The Balaban J connectivity index is 1.84. The Morgan fingerprint density at radius 1 is 0.885 bits per heavy atom. The van der Waals surface area contributed by atoms with Gasteiger partial charge in [-0.1, -0.05) is 36.4 Å². The number of nitrogens with two attached hydrogens (primary N) is 1. The van der Waals surface area contributed by atoms with Crippen LogP contribution in [0.3, 0.4) is 0 Å². The molecule has 6 heteroatoms. The third-order valence-electron chi connectivity index (χ3n) is 4.70. The maximum absolute atomic E-state index is 5.88. The molecule has 0 aliphatic heterocycles. The number of nitrogen functional groups attached to an aromatic ring is 1. The molecular weight excluding hydrogens is 324 g/mol. The molecule has 0 atom stereocenters. The predicted molar refractivity (Wildman–Crippen MR) is 103 cm³/mol. The number of nitrogens with one attached hydrogen (secondary N) is 1. The molecule has 0 fully saturated rings. The molecule has 3 aromatic heterocycles. The maximum atomic E-state index is 5.88. The van der Waals surface area contributed by atoms with E-state index in [4.69, 9.17) is 5.73 Å². The van der Waals surface area contributed by atoms with E-state index in [1.807, 2.05) is 43.6 Å². The van der Waals surface area contributed by atoms with Crippen molar-refractivity contribution in [2.45, 2.75) is 0 Å². The van der Waals surface area contributed by atoms with Crippen molar-refractivity contribution < 1.29 is 0 Å². The van der Waals surface area contributed by atoms with Gasteiger partial charge in [-0.25, -0.2) is 4.98 Å². The number of hydrogen-bond acceptors (Lipinski definition) is 4. The van der Waals surface area contributed by atoms with Gasteiger partial charge in [0.05, 0.1) is 0 Å². The van der Waals surface area contributed by atoms with Crippen LogP contribution in [0.4, 0.5) is 5.95 Å². The van der Waals surface area contributed by atoms with E-state index in [2.05, 4.69) is 49.1 Å². The largest absolute Gasteiger partial charge is 0.366 e. The van der Waals surface area contributed by atoms with Crippen molar-refractivity contribution in [1.82, 2.24) is 24.7 Å². The Bertz CT molecular complexity index is 1260. The first-order chi connectivity index (χ1) is 12.7. The molecule has 0 saturated carbocycles. The summed E-state index contributed by atoms with van der Waals surface area (Å²) in [5.74, 6) is 0.163. The molecule has 3 heterocycles. The fourth-order valence-electron chi connectivity index (χ4n) is 3.51. The van der Waals surface area contributed by atoms with Gasteiger partial charge < -0.3 is 15.3 Å². The van der Waals surface area contributed by atoms with E-state index in [-0.39, 0.29) is 5.95 Å². The van der Waals surface area contributed by atoms with Crippen molar-refractivity contribution in [3.05, 3.63) is 60.9 Å². The Morgan fingerprint density at radius 2 is 1.65 bits per heavy atom. The van der Waals surface area contributed by atoms with Crippen LogP contribution in [0.15, 0.2) is 60.9 Å². The lowest BCUT2D eigenvalue weighted by Gasteiger charge is -2.06. The molecule has 0 aliphatic rings. The van der Waals surface area contributed by atoms with Gasteiger partial charge in [-0.2, -0.15) is 0 Å². The molecular formula is C20H16N6. The first-order valence-corrected chi connectivity index (χ1v) is 8.33. The molecule has 0 bridgehead atoms. The number of aromatic nitrogens is 5. The van der Waals surface area contributed by atoms with Gasteiger partial charge >= 0.3 is 0 Å². The molecule has 0 aliphatic carbocycles. The first-order valence-electron chi connectivity index (χ1n) is 8.33. The lowest BCUT2D eigenvalue weighted by atomic mass is 10.0. The van der Waals surface area contributed by atoms with Crippen LogP contribution >= 0.6 is 0 Å². The Morgan fingerprint density at radius 3 is 2.54 bits per heavy atom. The lowest BCUT2D eigenvalue weighted by molar-refractivity contribution is 0.965. The molecule has 0 unspecified atom stereocenters.